The Morgan fingerprint density at radius 2 is 1.94 bits per heavy atom. The predicted molar refractivity (Wildman–Crippen MR) is 66.4 cm³/mol. The second kappa shape index (κ2) is 6.64. The van der Waals surface area contributed by atoms with E-state index in [1.165, 1.54) is 6.92 Å². The molecular weight excluding hydrogens is 234 g/mol. The number of ether oxygens (including phenoxy) is 1. The summed E-state index contributed by atoms with van der Waals surface area (Å²) in [7, 11) is 0. The monoisotopic (exact) mass is 251 g/mol. The van der Waals surface area contributed by atoms with Crippen LogP contribution in [0, 0.1) is 0 Å². The molecule has 0 bridgehead atoms. The Morgan fingerprint density at radius 3 is 2.39 bits per heavy atom. The fourth-order valence-corrected chi connectivity index (χ4v) is 1.47. The van der Waals surface area contributed by atoms with Gasteiger partial charge in [-0.15, -0.1) is 0 Å². The third kappa shape index (κ3) is 4.08. The molecule has 1 rings (SSSR count). The van der Waals surface area contributed by atoms with Gasteiger partial charge in [-0.3, -0.25) is 4.79 Å². The molecule has 1 atom stereocenters. The third-order valence-corrected chi connectivity index (χ3v) is 2.28. The quantitative estimate of drug-likeness (QED) is 0.807. The molecule has 0 saturated carbocycles. The third-order valence-electron chi connectivity index (χ3n) is 2.28. The first-order valence-corrected chi connectivity index (χ1v) is 5.77. The summed E-state index contributed by atoms with van der Waals surface area (Å²) in [5.74, 6) is -0.784. The Hall–Kier alpha value is -2.04. The van der Waals surface area contributed by atoms with Gasteiger partial charge < -0.3 is 15.2 Å². The Kier molecular flexibility index (Phi) is 5.17. The normalized spacial score (nSPS) is 11.7. The number of amides is 1. The average Bonchev–Trinajstić information content (AvgIpc) is 2.34. The van der Waals surface area contributed by atoms with Crippen molar-refractivity contribution in [1.82, 2.24) is 5.32 Å². The number of rotatable bonds is 6. The first-order chi connectivity index (χ1) is 8.54. The van der Waals surface area contributed by atoms with Gasteiger partial charge in [-0.2, -0.15) is 0 Å². The molecule has 18 heavy (non-hydrogen) atoms. The van der Waals surface area contributed by atoms with E-state index < -0.39 is 12.0 Å². The van der Waals surface area contributed by atoms with E-state index in [-0.39, 0.29) is 5.91 Å². The van der Waals surface area contributed by atoms with Crippen molar-refractivity contribution in [3.05, 3.63) is 29.8 Å². The number of hydrogen-bond acceptors (Lipinski definition) is 3. The highest BCUT2D eigenvalue weighted by Crippen LogP contribution is 2.18. The van der Waals surface area contributed by atoms with Crippen LogP contribution in [-0.4, -0.2) is 23.6 Å². The van der Waals surface area contributed by atoms with Crippen molar-refractivity contribution in [1.29, 1.82) is 0 Å². The first kappa shape index (κ1) is 14.0. The lowest BCUT2D eigenvalue weighted by Crippen LogP contribution is -2.31. The smallest absolute Gasteiger partial charge is 0.330 e. The summed E-state index contributed by atoms with van der Waals surface area (Å²) in [4.78, 5) is 22.0. The maximum Gasteiger partial charge on any atom is 0.330 e. The highest BCUT2D eigenvalue weighted by atomic mass is 16.5. The Balaban J connectivity index is 2.80. The zero-order valence-electron chi connectivity index (χ0n) is 10.5. The van der Waals surface area contributed by atoms with Gasteiger partial charge in [-0.05, 0) is 24.1 Å². The van der Waals surface area contributed by atoms with Crippen molar-refractivity contribution in [2.45, 2.75) is 26.3 Å². The topological polar surface area (TPSA) is 75.6 Å². The molecule has 1 aromatic rings. The Labute approximate surface area is 106 Å². The minimum absolute atomic E-state index is 0.381. The molecule has 0 aliphatic carbocycles. The maximum atomic E-state index is 11.0. The van der Waals surface area contributed by atoms with Crippen LogP contribution >= 0.6 is 0 Å². The van der Waals surface area contributed by atoms with Crippen LogP contribution in [-0.2, 0) is 9.59 Å². The van der Waals surface area contributed by atoms with Gasteiger partial charge in [0.2, 0.25) is 5.91 Å². The molecular formula is C13H17NO4. The van der Waals surface area contributed by atoms with Crippen LogP contribution < -0.4 is 10.1 Å². The number of nitrogens with one attached hydrogen (secondary N) is 1. The van der Waals surface area contributed by atoms with E-state index in [0.29, 0.717) is 17.9 Å². The van der Waals surface area contributed by atoms with Crippen molar-refractivity contribution in [3.63, 3.8) is 0 Å². The molecule has 0 aromatic heterocycles. The van der Waals surface area contributed by atoms with E-state index in [4.69, 9.17) is 9.84 Å². The molecule has 0 aliphatic rings. The summed E-state index contributed by atoms with van der Waals surface area (Å²) in [5.41, 5.74) is 0.515. The number of carbonyl (C=O) groups is 2. The van der Waals surface area contributed by atoms with Gasteiger partial charge in [0, 0.05) is 6.92 Å². The van der Waals surface area contributed by atoms with E-state index in [2.05, 4.69) is 5.32 Å². The lowest BCUT2D eigenvalue weighted by molar-refractivity contribution is -0.141. The number of carboxylic acids is 1. The summed E-state index contributed by atoms with van der Waals surface area (Å²) >= 11 is 0. The largest absolute Gasteiger partial charge is 0.494 e. The Morgan fingerprint density at radius 1 is 1.33 bits per heavy atom. The minimum Gasteiger partial charge on any atom is -0.494 e. The minimum atomic E-state index is -1.09. The van der Waals surface area contributed by atoms with Gasteiger partial charge in [-0.25, -0.2) is 4.79 Å². The van der Waals surface area contributed by atoms with Crippen LogP contribution in [0.4, 0.5) is 0 Å². The van der Waals surface area contributed by atoms with Crippen LogP contribution in [0.3, 0.4) is 0 Å². The lowest BCUT2D eigenvalue weighted by Gasteiger charge is -2.14. The predicted octanol–water partition coefficient (Wildman–Crippen LogP) is 1.74. The van der Waals surface area contributed by atoms with Gasteiger partial charge >= 0.3 is 5.97 Å². The highest BCUT2D eigenvalue weighted by molar-refractivity contribution is 5.83. The number of aliphatic carboxylic acids is 1. The van der Waals surface area contributed by atoms with E-state index in [1.54, 1.807) is 24.3 Å². The van der Waals surface area contributed by atoms with Gasteiger partial charge in [-0.1, -0.05) is 19.1 Å². The SMILES string of the molecule is CCCOc1ccc(C(NC(C)=O)C(=O)O)cc1. The van der Waals surface area contributed by atoms with Crippen molar-refractivity contribution in [3.8, 4) is 5.75 Å². The fourth-order valence-electron chi connectivity index (χ4n) is 1.47. The molecule has 0 aliphatic heterocycles. The zero-order valence-corrected chi connectivity index (χ0v) is 10.5. The summed E-state index contributed by atoms with van der Waals surface area (Å²) < 4.78 is 5.40. The van der Waals surface area contributed by atoms with E-state index in [9.17, 15) is 9.59 Å². The van der Waals surface area contributed by atoms with Crippen LogP contribution in [0.5, 0.6) is 5.75 Å². The molecule has 0 radical (unpaired) electrons. The van der Waals surface area contributed by atoms with Gasteiger partial charge in [0.15, 0.2) is 6.04 Å². The van der Waals surface area contributed by atoms with Crippen LogP contribution in [0.15, 0.2) is 24.3 Å². The van der Waals surface area contributed by atoms with E-state index in [1.807, 2.05) is 6.92 Å². The van der Waals surface area contributed by atoms with Crippen LogP contribution in [0.2, 0.25) is 0 Å². The lowest BCUT2D eigenvalue weighted by atomic mass is 10.1. The summed E-state index contributed by atoms with van der Waals surface area (Å²) in [6, 6.07) is 5.65. The summed E-state index contributed by atoms with van der Waals surface area (Å²) in [6.07, 6.45) is 0.908. The second-order valence-electron chi connectivity index (χ2n) is 3.89. The van der Waals surface area contributed by atoms with Crippen LogP contribution in [0.1, 0.15) is 31.9 Å². The number of carbonyl (C=O) groups excluding carboxylic acids is 1. The standard InChI is InChI=1S/C13H17NO4/c1-3-8-18-11-6-4-10(5-7-11)12(13(16)17)14-9(2)15/h4-7,12H,3,8H2,1-2H3,(H,14,15)(H,16,17). The average molecular weight is 251 g/mol. The van der Waals surface area contributed by atoms with Gasteiger partial charge in [0.1, 0.15) is 5.75 Å². The zero-order chi connectivity index (χ0) is 13.5. The Bertz CT molecular complexity index is 414. The molecule has 0 spiro atoms. The molecule has 0 saturated heterocycles. The molecule has 5 heteroatoms. The molecule has 1 aromatic carbocycles. The van der Waals surface area contributed by atoms with Gasteiger partial charge in [0.05, 0.1) is 6.61 Å². The maximum absolute atomic E-state index is 11.0. The summed E-state index contributed by atoms with van der Waals surface area (Å²) in [6.45, 7) is 3.91. The van der Waals surface area contributed by atoms with Gasteiger partial charge in [0.25, 0.3) is 0 Å². The van der Waals surface area contributed by atoms with Crippen molar-refractivity contribution in [2.75, 3.05) is 6.61 Å². The number of benzene rings is 1. The molecule has 5 nitrogen and oxygen atoms in total. The molecule has 0 fully saturated rings. The van der Waals surface area contributed by atoms with Crippen molar-refractivity contribution < 1.29 is 19.4 Å². The summed E-state index contributed by atoms with van der Waals surface area (Å²) in [5, 5.41) is 11.4. The molecule has 0 heterocycles. The van der Waals surface area contributed by atoms with E-state index >= 15 is 0 Å². The molecule has 98 valence electrons. The van der Waals surface area contributed by atoms with Crippen molar-refractivity contribution >= 4 is 11.9 Å². The molecule has 1 amide bonds. The van der Waals surface area contributed by atoms with Crippen molar-refractivity contribution in [2.24, 2.45) is 0 Å². The molecule has 2 N–H and O–H groups in total. The highest BCUT2D eigenvalue weighted by Gasteiger charge is 2.20. The first-order valence-electron chi connectivity index (χ1n) is 5.77. The fraction of sp³-hybridized carbons (Fsp3) is 0.385. The number of hydrogen-bond donors (Lipinski definition) is 2. The second-order valence-corrected chi connectivity index (χ2v) is 3.89. The molecule has 1 unspecified atom stereocenters. The van der Waals surface area contributed by atoms with E-state index in [0.717, 1.165) is 6.42 Å². The van der Waals surface area contributed by atoms with Crippen LogP contribution in [0.25, 0.3) is 0 Å². The number of carboxylic acid groups (broad SMARTS) is 1.